The number of hydrogen-bond donors (Lipinski definition) is 2. The largest absolute Gasteiger partial charge is 0.397 e. The van der Waals surface area contributed by atoms with Gasteiger partial charge in [-0.3, -0.25) is 4.21 Å². The summed E-state index contributed by atoms with van der Waals surface area (Å²) in [5.74, 6) is -1.02. The van der Waals surface area contributed by atoms with Gasteiger partial charge in [0.2, 0.25) is 0 Å². The minimum Gasteiger partial charge on any atom is -0.397 e. The van der Waals surface area contributed by atoms with E-state index < -0.39 is 22.4 Å². The third kappa shape index (κ3) is 3.16. The first-order valence-corrected chi connectivity index (χ1v) is 6.37. The summed E-state index contributed by atoms with van der Waals surface area (Å²) in [7, 11) is -0.939. The molecule has 0 aliphatic carbocycles. The van der Waals surface area contributed by atoms with Crippen molar-refractivity contribution in [3.63, 3.8) is 0 Å². The third-order valence-corrected chi connectivity index (χ3v) is 3.38. The van der Waals surface area contributed by atoms with Gasteiger partial charge in [-0.05, 0) is 12.1 Å². The molecule has 1 atom stereocenters. The Hall–Kier alpha value is -1.17. The highest BCUT2D eigenvalue weighted by atomic mass is 32.2. The molecule has 0 spiro atoms. The number of halogens is 2. The summed E-state index contributed by atoms with van der Waals surface area (Å²) in [5, 5.41) is 2.65. The van der Waals surface area contributed by atoms with Gasteiger partial charge < -0.3 is 11.1 Å². The molecule has 1 unspecified atom stereocenters. The summed E-state index contributed by atoms with van der Waals surface area (Å²) in [6.07, 6.45) is 0. The van der Waals surface area contributed by atoms with Crippen molar-refractivity contribution in [2.24, 2.45) is 0 Å². The van der Waals surface area contributed by atoms with Crippen molar-refractivity contribution in [1.82, 2.24) is 0 Å². The van der Waals surface area contributed by atoms with Crippen LogP contribution < -0.4 is 11.1 Å². The van der Waals surface area contributed by atoms with E-state index in [0.717, 1.165) is 6.07 Å². The molecular formula is C10H14F2N2OS. The second kappa shape index (κ2) is 5.79. The van der Waals surface area contributed by atoms with Gasteiger partial charge >= 0.3 is 0 Å². The molecule has 0 heterocycles. The van der Waals surface area contributed by atoms with Crippen LogP contribution in [0.5, 0.6) is 0 Å². The lowest BCUT2D eigenvalue weighted by Crippen LogP contribution is -2.14. The highest BCUT2D eigenvalue weighted by Crippen LogP contribution is 2.24. The van der Waals surface area contributed by atoms with E-state index in [9.17, 15) is 13.0 Å². The van der Waals surface area contributed by atoms with Crippen LogP contribution in [-0.2, 0) is 10.8 Å². The van der Waals surface area contributed by atoms with E-state index in [-0.39, 0.29) is 11.4 Å². The summed E-state index contributed by atoms with van der Waals surface area (Å²) < 4.78 is 37.3. The van der Waals surface area contributed by atoms with Gasteiger partial charge in [0, 0.05) is 28.9 Å². The van der Waals surface area contributed by atoms with E-state index in [1.54, 1.807) is 6.92 Å². The predicted octanol–water partition coefficient (Wildman–Crippen LogP) is 1.73. The first-order valence-electron chi connectivity index (χ1n) is 4.88. The molecule has 1 aromatic rings. The second-order valence-electron chi connectivity index (χ2n) is 3.18. The van der Waals surface area contributed by atoms with E-state index >= 15 is 0 Å². The zero-order valence-electron chi connectivity index (χ0n) is 8.93. The molecule has 0 bridgehead atoms. The average molecular weight is 248 g/mol. The van der Waals surface area contributed by atoms with Crippen LogP contribution in [0.4, 0.5) is 20.2 Å². The summed E-state index contributed by atoms with van der Waals surface area (Å²) >= 11 is 0. The normalized spacial score (nSPS) is 12.4. The Labute approximate surface area is 95.5 Å². The van der Waals surface area contributed by atoms with Gasteiger partial charge in [0.25, 0.3) is 0 Å². The smallest absolute Gasteiger partial charge is 0.183 e. The van der Waals surface area contributed by atoms with Crippen LogP contribution in [-0.4, -0.2) is 22.3 Å². The van der Waals surface area contributed by atoms with Crippen LogP contribution in [0.3, 0.4) is 0 Å². The minimum absolute atomic E-state index is 0.0619. The molecule has 0 fully saturated rings. The quantitative estimate of drug-likeness (QED) is 0.780. The van der Waals surface area contributed by atoms with Crippen molar-refractivity contribution in [3.05, 3.63) is 23.8 Å². The summed E-state index contributed by atoms with van der Waals surface area (Å²) in [6.45, 7) is 2.10. The Morgan fingerprint density at radius 2 is 2.12 bits per heavy atom. The molecule has 0 aromatic heterocycles. The monoisotopic (exact) mass is 248 g/mol. The molecular weight excluding hydrogens is 234 g/mol. The maximum absolute atomic E-state index is 13.3. The summed E-state index contributed by atoms with van der Waals surface area (Å²) in [5.41, 5.74) is 5.57. The number of benzene rings is 1. The molecule has 0 radical (unpaired) electrons. The lowest BCUT2D eigenvalue weighted by molar-refractivity contribution is 0.511. The Morgan fingerprint density at radius 1 is 1.44 bits per heavy atom. The fourth-order valence-electron chi connectivity index (χ4n) is 1.18. The SMILES string of the molecule is CCS(=O)CCNc1c(N)ccc(F)c1F. The minimum atomic E-state index is -0.998. The topological polar surface area (TPSA) is 55.1 Å². The van der Waals surface area contributed by atoms with E-state index in [0.29, 0.717) is 18.1 Å². The van der Waals surface area contributed by atoms with Crippen molar-refractivity contribution in [2.45, 2.75) is 6.92 Å². The number of nitrogens with one attached hydrogen (secondary N) is 1. The first kappa shape index (κ1) is 12.9. The van der Waals surface area contributed by atoms with Gasteiger partial charge in [0.1, 0.15) is 0 Å². The zero-order chi connectivity index (χ0) is 12.1. The molecule has 6 heteroatoms. The summed E-state index contributed by atoms with van der Waals surface area (Å²) in [4.78, 5) is 0. The Morgan fingerprint density at radius 3 is 2.75 bits per heavy atom. The fourth-order valence-corrected chi connectivity index (χ4v) is 1.80. The molecule has 0 saturated heterocycles. The molecule has 0 saturated carbocycles. The molecule has 3 N–H and O–H groups in total. The number of anilines is 2. The molecule has 0 amide bonds. The Bertz CT molecular complexity index is 399. The van der Waals surface area contributed by atoms with Crippen molar-refractivity contribution in [2.75, 3.05) is 29.1 Å². The van der Waals surface area contributed by atoms with Gasteiger partial charge in [0.05, 0.1) is 11.4 Å². The lowest BCUT2D eigenvalue weighted by Gasteiger charge is -2.10. The van der Waals surface area contributed by atoms with Crippen LogP contribution in [0.1, 0.15) is 6.92 Å². The Balaban J connectivity index is 2.67. The molecule has 1 rings (SSSR count). The van der Waals surface area contributed by atoms with Crippen LogP contribution in [0, 0.1) is 11.6 Å². The lowest BCUT2D eigenvalue weighted by atomic mass is 10.2. The van der Waals surface area contributed by atoms with Crippen LogP contribution in [0.2, 0.25) is 0 Å². The predicted molar refractivity (Wildman–Crippen MR) is 62.8 cm³/mol. The van der Waals surface area contributed by atoms with Gasteiger partial charge in [-0.1, -0.05) is 6.92 Å². The highest BCUT2D eigenvalue weighted by Gasteiger charge is 2.11. The fraction of sp³-hybridized carbons (Fsp3) is 0.400. The zero-order valence-corrected chi connectivity index (χ0v) is 9.74. The molecule has 90 valence electrons. The van der Waals surface area contributed by atoms with Gasteiger partial charge in [-0.2, -0.15) is 0 Å². The van der Waals surface area contributed by atoms with Gasteiger partial charge in [0.15, 0.2) is 11.6 Å². The number of hydrogen-bond acceptors (Lipinski definition) is 3. The van der Waals surface area contributed by atoms with Gasteiger partial charge in [-0.25, -0.2) is 8.78 Å². The van der Waals surface area contributed by atoms with Crippen LogP contribution >= 0.6 is 0 Å². The maximum atomic E-state index is 13.3. The van der Waals surface area contributed by atoms with Crippen molar-refractivity contribution < 1.29 is 13.0 Å². The second-order valence-corrected chi connectivity index (χ2v) is 5.05. The Kier molecular flexibility index (Phi) is 4.67. The van der Waals surface area contributed by atoms with Crippen molar-refractivity contribution in [3.8, 4) is 0 Å². The van der Waals surface area contributed by atoms with Crippen LogP contribution in [0.25, 0.3) is 0 Å². The third-order valence-electron chi connectivity index (χ3n) is 2.08. The van der Waals surface area contributed by atoms with Crippen LogP contribution in [0.15, 0.2) is 12.1 Å². The van der Waals surface area contributed by atoms with Crippen molar-refractivity contribution >= 4 is 22.2 Å². The molecule has 16 heavy (non-hydrogen) atoms. The standard InChI is InChI=1S/C10H14F2N2OS/c1-2-16(15)6-5-14-10-8(13)4-3-7(11)9(10)12/h3-4,14H,2,5-6,13H2,1H3. The first-order chi connectivity index (χ1) is 7.56. The van der Waals surface area contributed by atoms with E-state index in [4.69, 9.17) is 5.73 Å². The number of rotatable bonds is 5. The van der Waals surface area contributed by atoms with E-state index in [1.165, 1.54) is 6.07 Å². The molecule has 0 aliphatic heterocycles. The van der Waals surface area contributed by atoms with Gasteiger partial charge in [-0.15, -0.1) is 0 Å². The molecule has 3 nitrogen and oxygen atoms in total. The number of nitrogen functional groups attached to an aromatic ring is 1. The van der Waals surface area contributed by atoms with E-state index in [1.807, 2.05) is 0 Å². The number of nitrogens with two attached hydrogens (primary N) is 1. The molecule has 0 aliphatic rings. The molecule has 1 aromatic carbocycles. The summed E-state index contributed by atoms with van der Waals surface area (Å²) in [6, 6.07) is 2.26. The highest BCUT2D eigenvalue weighted by molar-refractivity contribution is 7.84. The van der Waals surface area contributed by atoms with Crippen molar-refractivity contribution in [1.29, 1.82) is 0 Å². The van der Waals surface area contributed by atoms with E-state index in [2.05, 4.69) is 5.32 Å². The average Bonchev–Trinajstić information content (AvgIpc) is 2.28. The maximum Gasteiger partial charge on any atom is 0.183 e.